The van der Waals surface area contributed by atoms with Crippen molar-refractivity contribution in [3.8, 4) is 11.5 Å². The number of anilines is 2. The molecular weight excluding hydrogens is 442 g/mol. The molecule has 0 saturated heterocycles. The molecule has 2 aromatic carbocycles. The third kappa shape index (κ3) is 5.47. The summed E-state index contributed by atoms with van der Waals surface area (Å²) in [7, 11) is 0. The van der Waals surface area contributed by atoms with E-state index in [2.05, 4.69) is 26.6 Å². The van der Waals surface area contributed by atoms with Gasteiger partial charge in [0.15, 0.2) is 13.2 Å². The number of hydrogen-bond donors (Lipinski definition) is 2. The lowest BCUT2D eigenvalue weighted by molar-refractivity contribution is -0.123. The largest absolute Gasteiger partial charge is 0.484 e. The topological polar surface area (TPSA) is 97.0 Å². The molecule has 1 aliphatic rings. The predicted molar refractivity (Wildman–Crippen MR) is 111 cm³/mol. The van der Waals surface area contributed by atoms with Crippen LogP contribution in [0.2, 0.25) is 0 Å². The Kier molecular flexibility index (Phi) is 6.71. The predicted octanol–water partition coefficient (Wildman–Crippen LogP) is 2.33. The molecular formula is C20H20BrN3O5. The Morgan fingerprint density at radius 2 is 1.93 bits per heavy atom. The highest BCUT2D eigenvalue weighted by atomic mass is 79.9. The summed E-state index contributed by atoms with van der Waals surface area (Å²) in [6.45, 7) is 2.05. The van der Waals surface area contributed by atoms with Gasteiger partial charge in [0.1, 0.15) is 18.0 Å². The number of nitrogens with one attached hydrogen (secondary N) is 2. The van der Waals surface area contributed by atoms with Crippen LogP contribution in [0.5, 0.6) is 11.5 Å². The summed E-state index contributed by atoms with van der Waals surface area (Å²) in [5.74, 6) is 0.221. The van der Waals surface area contributed by atoms with Gasteiger partial charge in [-0.25, -0.2) is 0 Å². The van der Waals surface area contributed by atoms with Gasteiger partial charge in [-0.1, -0.05) is 15.9 Å². The van der Waals surface area contributed by atoms with Crippen LogP contribution in [0.3, 0.4) is 0 Å². The fourth-order valence-electron chi connectivity index (χ4n) is 2.73. The molecule has 3 rings (SSSR count). The van der Waals surface area contributed by atoms with Crippen LogP contribution < -0.4 is 25.0 Å². The van der Waals surface area contributed by atoms with Gasteiger partial charge in [-0.05, 0) is 49.4 Å². The van der Waals surface area contributed by atoms with Gasteiger partial charge in [0.05, 0.1) is 5.69 Å². The van der Waals surface area contributed by atoms with Gasteiger partial charge in [0.25, 0.3) is 11.8 Å². The van der Waals surface area contributed by atoms with Crippen LogP contribution in [-0.4, -0.2) is 44.0 Å². The van der Waals surface area contributed by atoms with E-state index in [0.29, 0.717) is 29.4 Å². The summed E-state index contributed by atoms with van der Waals surface area (Å²) in [6, 6.07) is 11.9. The average Bonchev–Trinajstić information content (AvgIpc) is 2.70. The summed E-state index contributed by atoms with van der Waals surface area (Å²) >= 11 is 3.36. The molecule has 9 heteroatoms. The van der Waals surface area contributed by atoms with Crippen molar-refractivity contribution < 1.29 is 23.9 Å². The highest BCUT2D eigenvalue weighted by Gasteiger charge is 2.27. The van der Waals surface area contributed by atoms with Crippen LogP contribution in [0.1, 0.15) is 6.92 Å². The quantitative estimate of drug-likeness (QED) is 0.659. The highest BCUT2D eigenvalue weighted by Crippen LogP contribution is 2.34. The molecule has 0 aromatic heterocycles. The minimum absolute atomic E-state index is 0.0752. The first-order valence-electron chi connectivity index (χ1n) is 8.98. The van der Waals surface area contributed by atoms with Gasteiger partial charge in [-0.2, -0.15) is 0 Å². The van der Waals surface area contributed by atoms with Crippen molar-refractivity contribution in [2.45, 2.75) is 6.92 Å². The van der Waals surface area contributed by atoms with E-state index in [4.69, 9.17) is 9.47 Å². The molecule has 1 heterocycles. The van der Waals surface area contributed by atoms with Gasteiger partial charge >= 0.3 is 0 Å². The second-order valence-electron chi connectivity index (χ2n) is 6.20. The lowest BCUT2D eigenvalue weighted by Crippen LogP contribution is -2.43. The molecule has 0 fully saturated rings. The Morgan fingerprint density at radius 3 is 2.66 bits per heavy atom. The van der Waals surface area contributed by atoms with Crippen LogP contribution in [-0.2, 0) is 14.4 Å². The van der Waals surface area contributed by atoms with E-state index in [1.54, 1.807) is 42.5 Å². The van der Waals surface area contributed by atoms with E-state index in [0.717, 1.165) is 4.47 Å². The second kappa shape index (κ2) is 9.42. The number of nitrogens with zero attached hydrogens (tertiary/aromatic N) is 1. The summed E-state index contributed by atoms with van der Waals surface area (Å²) in [5, 5.41) is 5.39. The molecule has 29 heavy (non-hydrogen) atoms. The van der Waals surface area contributed by atoms with Crippen LogP contribution in [0.4, 0.5) is 11.4 Å². The fraction of sp³-hybridized carbons (Fsp3) is 0.250. The fourth-order valence-corrected chi connectivity index (χ4v) is 3.07. The third-order valence-electron chi connectivity index (χ3n) is 4.05. The molecule has 8 nitrogen and oxygen atoms in total. The summed E-state index contributed by atoms with van der Waals surface area (Å²) in [6.07, 6.45) is 0. The molecule has 152 valence electrons. The van der Waals surface area contributed by atoms with Crippen molar-refractivity contribution in [1.82, 2.24) is 5.32 Å². The molecule has 1 aliphatic heterocycles. The Balaban J connectivity index is 1.58. The molecule has 3 amide bonds. The maximum Gasteiger partial charge on any atom is 0.265 e. The summed E-state index contributed by atoms with van der Waals surface area (Å²) < 4.78 is 11.6. The summed E-state index contributed by atoms with van der Waals surface area (Å²) in [4.78, 5) is 37.5. The van der Waals surface area contributed by atoms with Crippen molar-refractivity contribution in [2.75, 3.05) is 36.5 Å². The van der Waals surface area contributed by atoms with Crippen LogP contribution in [0.15, 0.2) is 46.9 Å². The van der Waals surface area contributed by atoms with Crippen LogP contribution in [0, 0.1) is 0 Å². The van der Waals surface area contributed by atoms with Crippen LogP contribution >= 0.6 is 15.9 Å². The van der Waals surface area contributed by atoms with Crippen molar-refractivity contribution in [2.24, 2.45) is 0 Å². The van der Waals surface area contributed by atoms with Crippen molar-refractivity contribution in [1.29, 1.82) is 0 Å². The first kappa shape index (κ1) is 20.7. The van der Waals surface area contributed by atoms with Gasteiger partial charge in [0.2, 0.25) is 5.91 Å². The lowest BCUT2D eigenvalue weighted by Gasteiger charge is -2.29. The second-order valence-corrected chi connectivity index (χ2v) is 7.11. The Bertz CT molecular complexity index is 917. The Morgan fingerprint density at radius 1 is 1.17 bits per heavy atom. The summed E-state index contributed by atoms with van der Waals surface area (Å²) in [5.41, 5.74) is 1.10. The van der Waals surface area contributed by atoms with E-state index < -0.39 is 0 Å². The number of likely N-dealkylation sites (N-methyl/N-ethyl adjacent to an activating group) is 1. The number of carbonyl (C=O) groups is 3. The number of carbonyl (C=O) groups excluding carboxylic acids is 3. The molecule has 2 aromatic rings. The maximum atomic E-state index is 12.4. The minimum atomic E-state index is -0.342. The molecule has 0 unspecified atom stereocenters. The number of rotatable bonds is 7. The van der Waals surface area contributed by atoms with Gasteiger partial charge in [0, 0.05) is 16.7 Å². The average molecular weight is 462 g/mol. The first-order valence-corrected chi connectivity index (χ1v) is 9.77. The minimum Gasteiger partial charge on any atom is -0.484 e. The maximum absolute atomic E-state index is 12.4. The number of benzene rings is 2. The number of amides is 3. The number of ether oxygens (including phenoxy) is 2. The SMILES string of the molecule is CCNC(=O)COc1ccc(NC(=O)CN2C(=O)COc3cc(Br)ccc32)cc1. The number of hydrogen-bond acceptors (Lipinski definition) is 5. The van der Waals surface area contributed by atoms with E-state index in [1.165, 1.54) is 4.90 Å². The molecule has 0 bridgehead atoms. The Hall–Kier alpha value is -3.07. The van der Waals surface area contributed by atoms with Crippen LogP contribution in [0.25, 0.3) is 0 Å². The molecule has 0 atom stereocenters. The molecule has 0 saturated carbocycles. The zero-order valence-corrected chi connectivity index (χ0v) is 17.3. The van der Waals surface area contributed by atoms with E-state index in [1.807, 2.05) is 6.92 Å². The molecule has 0 radical (unpaired) electrons. The lowest BCUT2D eigenvalue weighted by atomic mass is 10.2. The van der Waals surface area contributed by atoms with E-state index in [-0.39, 0.29) is 37.5 Å². The molecule has 2 N–H and O–H groups in total. The highest BCUT2D eigenvalue weighted by molar-refractivity contribution is 9.10. The van der Waals surface area contributed by atoms with Crippen molar-refractivity contribution in [3.63, 3.8) is 0 Å². The smallest absolute Gasteiger partial charge is 0.265 e. The zero-order chi connectivity index (χ0) is 20.8. The van der Waals surface area contributed by atoms with E-state index >= 15 is 0 Å². The molecule has 0 aliphatic carbocycles. The van der Waals surface area contributed by atoms with Crippen molar-refractivity contribution >= 4 is 45.0 Å². The van der Waals surface area contributed by atoms with Crippen molar-refractivity contribution in [3.05, 3.63) is 46.9 Å². The number of halogens is 1. The Labute approximate surface area is 176 Å². The zero-order valence-electron chi connectivity index (χ0n) is 15.7. The first-order chi connectivity index (χ1) is 14.0. The van der Waals surface area contributed by atoms with E-state index in [9.17, 15) is 14.4 Å². The normalized spacial score (nSPS) is 12.6. The molecule has 0 spiro atoms. The monoisotopic (exact) mass is 461 g/mol. The standard InChI is InChI=1S/C20H20BrN3O5/c1-2-22-19(26)11-28-15-6-4-14(5-7-15)23-18(25)10-24-16-8-3-13(21)9-17(16)29-12-20(24)27/h3-9H,2,10-12H2,1H3,(H,22,26)(H,23,25). The van der Waals surface area contributed by atoms with Gasteiger partial charge < -0.3 is 20.1 Å². The third-order valence-corrected chi connectivity index (χ3v) is 4.54. The van der Waals surface area contributed by atoms with Gasteiger partial charge in [-0.3, -0.25) is 19.3 Å². The van der Waals surface area contributed by atoms with Gasteiger partial charge in [-0.15, -0.1) is 0 Å². The number of fused-ring (bicyclic) bond motifs is 1.